The molecule has 2 aliphatic rings. The number of rotatable bonds is 1. The van der Waals surface area contributed by atoms with Crippen LogP contribution in [0.15, 0.2) is 65.0 Å². The van der Waals surface area contributed by atoms with E-state index < -0.39 is 0 Å². The Bertz CT molecular complexity index is 687. The molecule has 3 heteroatoms. The van der Waals surface area contributed by atoms with E-state index in [1.807, 2.05) is 30.5 Å². The van der Waals surface area contributed by atoms with Crippen molar-refractivity contribution in [3.63, 3.8) is 0 Å². The molecule has 0 bridgehead atoms. The highest BCUT2D eigenvalue weighted by atomic mass is 16.3. The summed E-state index contributed by atoms with van der Waals surface area (Å²) in [5.74, 6) is 0.122. The van der Waals surface area contributed by atoms with Gasteiger partial charge in [0.25, 0.3) is 0 Å². The van der Waals surface area contributed by atoms with Crippen LogP contribution in [0.2, 0.25) is 0 Å². The number of hydrogen-bond acceptors (Lipinski definition) is 3. The van der Waals surface area contributed by atoms with E-state index >= 15 is 0 Å². The Morgan fingerprint density at radius 3 is 2.80 bits per heavy atom. The highest BCUT2D eigenvalue weighted by Gasteiger charge is 2.25. The van der Waals surface area contributed by atoms with Gasteiger partial charge < -0.3 is 5.11 Å². The molecule has 1 atom stereocenters. The fourth-order valence-electron chi connectivity index (χ4n) is 2.60. The van der Waals surface area contributed by atoms with Gasteiger partial charge in [0.05, 0.1) is 5.71 Å². The molecule has 1 unspecified atom stereocenters. The van der Waals surface area contributed by atoms with E-state index in [2.05, 4.69) is 23.2 Å². The number of benzene rings is 1. The van der Waals surface area contributed by atoms with Crippen LogP contribution in [-0.4, -0.2) is 10.8 Å². The lowest BCUT2D eigenvalue weighted by atomic mass is 9.87. The Morgan fingerprint density at radius 2 is 2.05 bits per heavy atom. The van der Waals surface area contributed by atoms with Gasteiger partial charge in [0.1, 0.15) is 17.4 Å². The number of nitrogens with zero attached hydrogens (tertiary/aromatic N) is 2. The van der Waals surface area contributed by atoms with E-state index in [9.17, 15) is 10.4 Å². The Hall–Kier alpha value is -2.60. The van der Waals surface area contributed by atoms with Gasteiger partial charge in [-0.15, -0.1) is 0 Å². The Morgan fingerprint density at radius 1 is 1.25 bits per heavy atom. The van der Waals surface area contributed by atoms with Crippen LogP contribution in [0.1, 0.15) is 18.4 Å². The Kier molecular flexibility index (Phi) is 3.22. The lowest BCUT2D eigenvalue weighted by molar-refractivity contribution is 0.427. The first-order valence-electron chi connectivity index (χ1n) is 6.63. The lowest BCUT2D eigenvalue weighted by Crippen LogP contribution is -2.18. The molecule has 1 heterocycles. The fourth-order valence-corrected chi connectivity index (χ4v) is 2.60. The molecule has 1 aromatic carbocycles. The second kappa shape index (κ2) is 5.18. The molecule has 0 fully saturated rings. The van der Waals surface area contributed by atoms with E-state index in [1.54, 1.807) is 6.08 Å². The van der Waals surface area contributed by atoms with E-state index in [4.69, 9.17) is 0 Å². The van der Waals surface area contributed by atoms with Crippen LogP contribution in [0.3, 0.4) is 0 Å². The standard InChI is InChI=1S/C17H14N2O/c18-10-15-16(20)9-8-13-6-7-14(11-19-17(13)15)12-4-2-1-3-5-12/h1-5,8-9,11,13,20H,6-7H2. The SMILES string of the molecule is N#CC1=C(O)C=CC2CCC(c3ccccc3)=CN=C12. The summed E-state index contributed by atoms with van der Waals surface area (Å²) in [5, 5.41) is 18.9. The molecular weight excluding hydrogens is 248 g/mol. The predicted octanol–water partition coefficient (Wildman–Crippen LogP) is 3.78. The van der Waals surface area contributed by atoms with Crippen LogP contribution in [0, 0.1) is 17.2 Å². The Balaban J connectivity index is 2.00. The van der Waals surface area contributed by atoms with Gasteiger partial charge in [0, 0.05) is 12.1 Å². The van der Waals surface area contributed by atoms with Crippen LogP contribution in [0.4, 0.5) is 0 Å². The van der Waals surface area contributed by atoms with Gasteiger partial charge in [0.2, 0.25) is 0 Å². The summed E-state index contributed by atoms with van der Waals surface area (Å²) >= 11 is 0. The van der Waals surface area contributed by atoms with Crippen LogP contribution >= 0.6 is 0 Å². The highest BCUT2D eigenvalue weighted by Crippen LogP contribution is 2.31. The zero-order chi connectivity index (χ0) is 13.9. The average Bonchev–Trinajstić information content (AvgIpc) is 2.71. The van der Waals surface area contributed by atoms with Crippen LogP contribution < -0.4 is 0 Å². The molecule has 0 radical (unpaired) electrons. The molecule has 0 spiro atoms. The number of nitriles is 1. The van der Waals surface area contributed by atoms with Gasteiger partial charge in [-0.25, -0.2) is 0 Å². The molecule has 0 saturated heterocycles. The second-order valence-corrected chi connectivity index (χ2v) is 4.91. The van der Waals surface area contributed by atoms with Crippen molar-refractivity contribution in [2.24, 2.45) is 10.9 Å². The molecule has 3 rings (SSSR count). The average molecular weight is 262 g/mol. The van der Waals surface area contributed by atoms with Crippen molar-refractivity contribution in [3.05, 3.63) is 65.6 Å². The van der Waals surface area contributed by atoms with E-state index in [0.29, 0.717) is 11.3 Å². The van der Waals surface area contributed by atoms with E-state index in [0.717, 1.165) is 24.0 Å². The maximum absolute atomic E-state index is 9.75. The van der Waals surface area contributed by atoms with Crippen molar-refractivity contribution in [3.8, 4) is 6.07 Å². The van der Waals surface area contributed by atoms with Gasteiger partial charge in [0.15, 0.2) is 0 Å². The Labute approximate surface area is 117 Å². The minimum absolute atomic E-state index is 0.0130. The summed E-state index contributed by atoms with van der Waals surface area (Å²) < 4.78 is 0. The smallest absolute Gasteiger partial charge is 0.134 e. The number of aliphatic hydroxyl groups excluding tert-OH is 1. The van der Waals surface area contributed by atoms with Gasteiger partial charge >= 0.3 is 0 Å². The quantitative estimate of drug-likeness (QED) is 0.837. The third kappa shape index (κ3) is 2.17. The molecule has 1 aliphatic heterocycles. The summed E-state index contributed by atoms with van der Waals surface area (Å²) in [6.07, 6.45) is 7.17. The van der Waals surface area contributed by atoms with Crippen molar-refractivity contribution >= 4 is 11.3 Å². The first-order valence-corrected chi connectivity index (χ1v) is 6.63. The van der Waals surface area contributed by atoms with Crippen LogP contribution in [0.5, 0.6) is 0 Å². The first-order chi connectivity index (χ1) is 9.79. The molecule has 3 nitrogen and oxygen atoms in total. The molecule has 0 saturated carbocycles. The molecule has 1 aromatic rings. The lowest BCUT2D eigenvalue weighted by Gasteiger charge is -2.17. The number of aliphatic imine (C=N–C) groups is 1. The monoisotopic (exact) mass is 262 g/mol. The third-order valence-corrected chi connectivity index (χ3v) is 3.69. The molecule has 1 aliphatic carbocycles. The molecule has 98 valence electrons. The topological polar surface area (TPSA) is 56.4 Å². The van der Waals surface area contributed by atoms with Crippen molar-refractivity contribution in [1.82, 2.24) is 0 Å². The maximum atomic E-state index is 9.75. The van der Waals surface area contributed by atoms with Crippen molar-refractivity contribution in [2.75, 3.05) is 0 Å². The number of fused-ring (bicyclic) bond motifs is 1. The summed E-state index contributed by atoms with van der Waals surface area (Å²) in [5.41, 5.74) is 3.30. The van der Waals surface area contributed by atoms with Gasteiger partial charge in [-0.1, -0.05) is 36.4 Å². The summed E-state index contributed by atoms with van der Waals surface area (Å²) in [6, 6.07) is 12.2. The zero-order valence-corrected chi connectivity index (χ0v) is 11.0. The number of hydrogen-bond donors (Lipinski definition) is 1. The minimum atomic E-state index is 0.0130. The summed E-state index contributed by atoms with van der Waals surface area (Å²) in [7, 11) is 0. The zero-order valence-electron chi connectivity index (χ0n) is 11.0. The minimum Gasteiger partial charge on any atom is -0.507 e. The maximum Gasteiger partial charge on any atom is 0.134 e. The first kappa shape index (κ1) is 12.4. The molecule has 0 amide bonds. The van der Waals surface area contributed by atoms with E-state index in [1.165, 1.54) is 0 Å². The normalized spacial score (nSPS) is 21.4. The van der Waals surface area contributed by atoms with E-state index in [-0.39, 0.29) is 11.7 Å². The van der Waals surface area contributed by atoms with Crippen LogP contribution in [0.25, 0.3) is 5.57 Å². The third-order valence-electron chi connectivity index (χ3n) is 3.69. The summed E-state index contributed by atoms with van der Waals surface area (Å²) in [4.78, 5) is 4.47. The van der Waals surface area contributed by atoms with Gasteiger partial charge in [-0.3, -0.25) is 4.99 Å². The van der Waals surface area contributed by atoms with Crippen molar-refractivity contribution in [1.29, 1.82) is 5.26 Å². The summed E-state index contributed by atoms with van der Waals surface area (Å²) in [6.45, 7) is 0. The van der Waals surface area contributed by atoms with Gasteiger partial charge in [-0.2, -0.15) is 5.26 Å². The molecule has 0 aromatic heterocycles. The largest absolute Gasteiger partial charge is 0.507 e. The number of aliphatic hydroxyl groups is 1. The molecule has 1 N–H and O–H groups in total. The number of allylic oxidation sites excluding steroid dienone is 4. The highest BCUT2D eigenvalue weighted by molar-refractivity contribution is 6.08. The second-order valence-electron chi connectivity index (χ2n) is 4.91. The molecular formula is C17H14N2O. The van der Waals surface area contributed by atoms with Crippen molar-refractivity contribution in [2.45, 2.75) is 12.8 Å². The van der Waals surface area contributed by atoms with Crippen molar-refractivity contribution < 1.29 is 5.11 Å². The predicted molar refractivity (Wildman–Crippen MR) is 79.0 cm³/mol. The van der Waals surface area contributed by atoms with Crippen LogP contribution in [-0.2, 0) is 0 Å². The molecule has 20 heavy (non-hydrogen) atoms. The fraction of sp³-hybridized carbons (Fsp3) is 0.176. The van der Waals surface area contributed by atoms with Gasteiger partial charge in [-0.05, 0) is 30.1 Å².